The van der Waals surface area contributed by atoms with Gasteiger partial charge in [-0.2, -0.15) is 0 Å². The average Bonchev–Trinajstić information content (AvgIpc) is 3.28. The van der Waals surface area contributed by atoms with Crippen LogP contribution in [0.4, 0.5) is 21.9 Å². The van der Waals surface area contributed by atoms with E-state index >= 15 is 0 Å². The van der Waals surface area contributed by atoms with Crippen LogP contribution in [-0.4, -0.2) is 61.5 Å². The molecule has 2 aliphatic rings. The maximum absolute atomic E-state index is 13.0. The van der Waals surface area contributed by atoms with Crippen LogP contribution in [0.2, 0.25) is 0 Å². The minimum atomic E-state index is -0.385. The van der Waals surface area contributed by atoms with E-state index in [1.807, 2.05) is 37.3 Å². The number of anilines is 3. The Bertz CT molecular complexity index is 1020. The van der Waals surface area contributed by atoms with Crippen molar-refractivity contribution in [2.24, 2.45) is 0 Å². The number of aryl methyl sites for hydroxylation is 1. The van der Waals surface area contributed by atoms with Crippen molar-refractivity contribution in [2.45, 2.75) is 32.7 Å². The molecule has 0 radical (unpaired) electrons. The highest BCUT2D eigenvalue weighted by atomic mass is 16.2. The lowest BCUT2D eigenvalue weighted by atomic mass is 10.1. The van der Waals surface area contributed by atoms with Gasteiger partial charge in [0.25, 0.3) is 0 Å². The molecule has 2 aliphatic heterocycles. The second-order valence-electron chi connectivity index (χ2n) is 8.58. The number of amides is 4. The van der Waals surface area contributed by atoms with E-state index in [9.17, 15) is 14.4 Å². The smallest absolute Gasteiger partial charge is 0.326 e. The molecule has 0 bridgehead atoms. The summed E-state index contributed by atoms with van der Waals surface area (Å²) in [5, 5.41) is 5.84. The molecule has 0 aromatic heterocycles. The van der Waals surface area contributed by atoms with Gasteiger partial charge in [0.15, 0.2) is 0 Å². The minimum absolute atomic E-state index is 0.0673. The molecule has 2 N–H and O–H groups in total. The number of benzene rings is 2. The zero-order valence-electron chi connectivity index (χ0n) is 19.2. The highest BCUT2D eigenvalue weighted by Crippen LogP contribution is 2.33. The lowest BCUT2D eigenvalue weighted by Gasteiger charge is -2.35. The largest absolute Gasteiger partial charge is 0.353 e. The lowest BCUT2D eigenvalue weighted by Crippen LogP contribution is -2.52. The molecule has 1 atom stereocenters. The molecule has 33 heavy (non-hydrogen) atoms. The van der Waals surface area contributed by atoms with Gasteiger partial charge in [-0.05, 0) is 57.1 Å². The van der Waals surface area contributed by atoms with Crippen LogP contribution in [0.15, 0.2) is 48.5 Å². The number of para-hydroxylation sites is 2. The molecule has 0 spiro atoms. The van der Waals surface area contributed by atoms with Crippen LogP contribution in [0, 0.1) is 6.92 Å². The minimum Gasteiger partial charge on any atom is -0.353 e. The van der Waals surface area contributed by atoms with E-state index in [4.69, 9.17) is 0 Å². The molecule has 1 saturated heterocycles. The fourth-order valence-corrected chi connectivity index (χ4v) is 4.52. The van der Waals surface area contributed by atoms with Crippen molar-refractivity contribution in [3.05, 3.63) is 54.1 Å². The molecule has 4 rings (SSSR count). The van der Waals surface area contributed by atoms with Gasteiger partial charge in [-0.3, -0.25) is 24.3 Å². The molecule has 8 heteroatoms. The van der Waals surface area contributed by atoms with Gasteiger partial charge in [0.05, 0.1) is 11.4 Å². The van der Waals surface area contributed by atoms with Crippen LogP contribution in [0.3, 0.4) is 0 Å². The van der Waals surface area contributed by atoms with Crippen molar-refractivity contribution in [3.8, 4) is 0 Å². The van der Waals surface area contributed by atoms with Crippen molar-refractivity contribution >= 4 is 34.9 Å². The number of carbonyl (C=O) groups excluding carboxylic acids is 3. The number of urea groups is 1. The van der Waals surface area contributed by atoms with E-state index in [1.54, 1.807) is 18.2 Å². The van der Waals surface area contributed by atoms with Crippen molar-refractivity contribution < 1.29 is 14.4 Å². The van der Waals surface area contributed by atoms with Crippen molar-refractivity contribution in [3.63, 3.8) is 0 Å². The maximum atomic E-state index is 13.0. The first-order valence-corrected chi connectivity index (χ1v) is 11.5. The maximum Gasteiger partial charge on any atom is 0.326 e. The van der Waals surface area contributed by atoms with E-state index in [1.165, 1.54) is 9.80 Å². The van der Waals surface area contributed by atoms with Gasteiger partial charge >= 0.3 is 6.03 Å². The molecule has 4 amide bonds. The number of nitrogens with one attached hydrogen (secondary N) is 2. The Balaban J connectivity index is 1.44. The molecule has 2 aromatic carbocycles. The number of hydrogen-bond donors (Lipinski definition) is 2. The second kappa shape index (κ2) is 10.0. The summed E-state index contributed by atoms with van der Waals surface area (Å²) in [5.74, 6) is -0.488. The lowest BCUT2D eigenvalue weighted by molar-refractivity contribution is -0.123. The predicted molar refractivity (Wildman–Crippen MR) is 130 cm³/mol. The highest BCUT2D eigenvalue weighted by Gasteiger charge is 2.33. The Labute approximate surface area is 194 Å². The molecule has 2 heterocycles. The Morgan fingerprint density at radius 1 is 1.06 bits per heavy atom. The molecular formula is C25H31N5O3. The molecule has 174 valence electrons. The average molecular weight is 450 g/mol. The van der Waals surface area contributed by atoms with Gasteiger partial charge in [0, 0.05) is 18.3 Å². The first-order chi connectivity index (χ1) is 16.0. The van der Waals surface area contributed by atoms with Gasteiger partial charge < -0.3 is 10.6 Å². The molecule has 2 aromatic rings. The van der Waals surface area contributed by atoms with Gasteiger partial charge in [0.2, 0.25) is 11.8 Å². The standard InChI is InChI=1S/C25H31N5O3/c1-3-28-14-6-7-20(28)15-26-23(31)16-29-21-8-4-5-9-22(21)30(17-24(29)32)25(33)27-19-12-10-18(2)11-13-19/h4-5,8-13,20H,3,6-7,14-17H2,1-2H3,(H,26,31)(H,27,33)/t20-/m1/s1. The first kappa shape index (κ1) is 22.8. The van der Waals surface area contributed by atoms with E-state index < -0.39 is 0 Å². The molecule has 0 aliphatic carbocycles. The monoisotopic (exact) mass is 449 g/mol. The molecular weight excluding hydrogens is 418 g/mol. The van der Waals surface area contributed by atoms with Crippen molar-refractivity contribution in [1.82, 2.24) is 10.2 Å². The van der Waals surface area contributed by atoms with Crippen LogP contribution in [0.5, 0.6) is 0 Å². The van der Waals surface area contributed by atoms with Crippen LogP contribution >= 0.6 is 0 Å². The number of fused-ring (bicyclic) bond motifs is 1. The third-order valence-corrected chi connectivity index (χ3v) is 6.35. The topological polar surface area (TPSA) is 85.0 Å². The fourth-order valence-electron chi connectivity index (χ4n) is 4.52. The Morgan fingerprint density at radius 2 is 1.79 bits per heavy atom. The summed E-state index contributed by atoms with van der Waals surface area (Å²) < 4.78 is 0. The Morgan fingerprint density at radius 3 is 2.52 bits per heavy atom. The van der Waals surface area contributed by atoms with Crippen molar-refractivity contribution in [2.75, 3.05) is 47.8 Å². The summed E-state index contributed by atoms with van der Waals surface area (Å²) in [7, 11) is 0. The van der Waals surface area contributed by atoms with E-state index in [-0.39, 0.29) is 30.9 Å². The summed E-state index contributed by atoms with van der Waals surface area (Å²) in [6, 6.07) is 14.6. The summed E-state index contributed by atoms with van der Waals surface area (Å²) in [4.78, 5) is 43.9. The van der Waals surface area contributed by atoms with Crippen LogP contribution in [0.25, 0.3) is 0 Å². The second-order valence-corrected chi connectivity index (χ2v) is 8.58. The quantitative estimate of drug-likeness (QED) is 0.710. The first-order valence-electron chi connectivity index (χ1n) is 11.5. The zero-order chi connectivity index (χ0) is 23.4. The van der Waals surface area contributed by atoms with E-state index in [0.717, 1.165) is 31.5 Å². The van der Waals surface area contributed by atoms with Gasteiger partial charge in [0.1, 0.15) is 13.1 Å². The molecule has 0 unspecified atom stereocenters. The molecule has 8 nitrogen and oxygen atoms in total. The number of rotatable bonds is 6. The normalized spacial score (nSPS) is 18.2. The summed E-state index contributed by atoms with van der Waals surface area (Å²) in [5.41, 5.74) is 2.91. The van der Waals surface area contributed by atoms with Crippen molar-refractivity contribution in [1.29, 1.82) is 0 Å². The third-order valence-electron chi connectivity index (χ3n) is 6.35. The van der Waals surface area contributed by atoms with Gasteiger partial charge in [-0.1, -0.05) is 36.8 Å². The zero-order valence-corrected chi connectivity index (χ0v) is 19.2. The summed E-state index contributed by atoms with van der Waals surface area (Å²) >= 11 is 0. The summed E-state index contributed by atoms with van der Waals surface area (Å²) in [6.45, 7) is 6.53. The molecule has 1 fully saturated rings. The number of likely N-dealkylation sites (N-methyl/N-ethyl adjacent to an activating group) is 1. The Kier molecular flexibility index (Phi) is 6.93. The van der Waals surface area contributed by atoms with Gasteiger partial charge in [-0.25, -0.2) is 4.79 Å². The fraction of sp³-hybridized carbons (Fsp3) is 0.400. The van der Waals surface area contributed by atoms with Crippen LogP contribution < -0.4 is 20.4 Å². The number of hydrogen-bond acceptors (Lipinski definition) is 4. The number of carbonyl (C=O) groups is 3. The number of nitrogens with zero attached hydrogens (tertiary/aromatic N) is 3. The van der Waals surface area contributed by atoms with Crippen LogP contribution in [-0.2, 0) is 9.59 Å². The highest BCUT2D eigenvalue weighted by molar-refractivity contribution is 6.15. The van der Waals surface area contributed by atoms with E-state index in [0.29, 0.717) is 29.6 Å². The molecule has 0 saturated carbocycles. The van der Waals surface area contributed by atoms with Gasteiger partial charge in [-0.15, -0.1) is 0 Å². The van der Waals surface area contributed by atoms with Crippen LogP contribution in [0.1, 0.15) is 25.3 Å². The third kappa shape index (κ3) is 5.17. The number of likely N-dealkylation sites (tertiary alicyclic amines) is 1. The predicted octanol–water partition coefficient (Wildman–Crippen LogP) is 2.98. The van der Waals surface area contributed by atoms with E-state index in [2.05, 4.69) is 22.5 Å². The Hall–Kier alpha value is -3.39. The SMILES string of the molecule is CCN1CCC[C@@H]1CNC(=O)CN1C(=O)CN(C(=O)Nc2ccc(C)cc2)c2ccccc21. The summed E-state index contributed by atoms with van der Waals surface area (Å²) in [6.07, 6.45) is 2.22.